The standard InChI is InChI=1S/C24H34N6O6/c1-4-35-20(31)15-29(14-19-9-7-8-18(12-19)13-28-10-5-6-11-28)23-21(30(32)33)22(25)26-24(27-23)36-17(2)16-34-3/h7-9,12,17H,4-6,10-11,13-16H2,1-3H3,(H2,25,26,27)/t17-/m1/s1. The minimum Gasteiger partial charge on any atom is -0.465 e. The number of esters is 1. The van der Waals surface area contributed by atoms with Crippen LogP contribution in [0.2, 0.25) is 0 Å². The Labute approximate surface area is 210 Å². The molecule has 12 nitrogen and oxygen atoms in total. The Balaban J connectivity index is 1.96. The summed E-state index contributed by atoms with van der Waals surface area (Å²) in [4.78, 5) is 35.8. The monoisotopic (exact) mass is 502 g/mol. The van der Waals surface area contributed by atoms with E-state index in [2.05, 4.69) is 14.9 Å². The number of aromatic nitrogens is 2. The number of carbonyl (C=O) groups excluding carboxylic acids is 1. The summed E-state index contributed by atoms with van der Waals surface area (Å²) in [6.07, 6.45) is 1.96. The van der Waals surface area contributed by atoms with E-state index >= 15 is 0 Å². The molecule has 0 aliphatic carbocycles. The molecule has 1 aliphatic rings. The molecule has 12 heteroatoms. The summed E-state index contributed by atoms with van der Waals surface area (Å²) in [7, 11) is 1.52. The van der Waals surface area contributed by atoms with Crippen molar-refractivity contribution in [2.24, 2.45) is 0 Å². The van der Waals surface area contributed by atoms with Crippen molar-refractivity contribution < 1.29 is 23.9 Å². The molecule has 0 unspecified atom stereocenters. The number of nitro groups is 1. The molecular weight excluding hydrogens is 468 g/mol. The van der Waals surface area contributed by atoms with Crippen molar-refractivity contribution in [1.29, 1.82) is 0 Å². The van der Waals surface area contributed by atoms with E-state index in [1.807, 2.05) is 24.3 Å². The van der Waals surface area contributed by atoms with Gasteiger partial charge in [-0.05, 0) is 50.9 Å². The zero-order chi connectivity index (χ0) is 26.1. The molecule has 36 heavy (non-hydrogen) atoms. The highest BCUT2D eigenvalue weighted by Gasteiger charge is 2.30. The van der Waals surface area contributed by atoms with Crippen LogP contribution in [0.1, 0.15) is 37.8 Å². The first-order valence-corrected chi connectivity index (χ1v) is 12.0. The maximum absolute atomic E-state index is 12.5. The number of nitrogen functional groups attached to an aromatic ring is 1. The lowest BCUT2D eigenvalue weighted by Crippen LogP contribution is -2.32. The quantitative estimate of drug-likeness (QED) is 0.245. The summed E-state index contributed by atoms with van der Waals surface area (Å²) in [6.45, 7) is 6.71. The van der Waals surface area contributed by atoms with E-state index in [0.717, 1.165) is 30.8 Å². The molecule has 1 saturated heterocycles. The number of anilines is 2. The van der Waals surface area contributed by atoms with Crippen LogP contribution in [0.25, 0.3) is 0 Å². The molecule has 2 aromatic rings. The molecule has 1 aromatic heterocycles. The molecular formula is C24H34N6O6. The first-order valence-electron chi connectivity index (χ1n) is 12.0. The zero-order valence-corrected chi connectivity index (χ0v) is 21.0. The van der Waals surface area contributed by atoms with Gasteiger partial charge in [0, 0.05) is 20.2 Å². The predicted octanol–water partition coefficient (Wildman–Crippen LogP) is 2.55. The van der Waals surface area contributed by atoms with Gasteiger partial charge in [-0.1, -0.05) is 24.3 Å². The third kappa shape index (κ3) is 7.49. The predicted molar refractivity (Wildman–Crippen MR) is 134 cm³/mol. The van der Waals surface area contributed by atoms with Gasteiger partial charge in [0.2, 0.25) is 11.6 Å². The lowest BCUT2D eigenvalue weighted by atomic mass is 10.1. The van der Waals surface area contributed by atoms with Gasteiger partial charge in [-0.15, -0.1) is 0 Å². The molecule has 0 amide bonds. The summed E-state index contributed by atoms with van der Waals surface area (Å²) >= 11 is 0. The highest BCUT2D eigenvalue weighted by molar-refractivity contribution is 5.78. The maximum Gasteiger partial charge on any atom is 0.353 e. The van der Waals surface area contributed by atoms with E-state index in [9.17, 15) is 14.9 Å². The highest BCUT2D eigenvalue weighted by atomic mass is 16.6. The zero-order valence-electron chi connectivity index (χ0n) is 21.0. The molecule has 0 saturated carbocycles. The number of hydrogen-bond acceptors (Lipinski definition) is 11. The van der Waals surface area contributed by atoms with Crippen LogP contribution in [-0.2, 0) is 27.4 Å². The van der Waals surface area contributed by atoms with E-state index in [4.69, 9.17) is 19.9 Å². The average Bonchev–Trinajstić information content (AvgIpc) is 3.31. The molecule has 196 valence electrons. The fourth-order valence-corrected chi connectivity index (χ4v) is 4.15. The van der Waals surface area contributed by atoms with Crippen LogP contribution in [0, 0.1) is 10.1 Å². The third-order valence-corrected chi connectivity index (χ3v) is 5.66. The number of ether oxygens (including phenoxy) is 3. The van der Waals surface area contributed by atoms with Gasteiger partial charge in [-0.25, -0.2) is 0 Å². The molecule has 0 bridgehead atoms. The summed E-state index contributed by atoms with van der Waals surface area (Å²) in [5.41, 5.74) is 7.44. The number of rotatable bonds is 13. The molecule has 0 spiro atoms. The van der Waals surface area contributed by atoms with Gasteiger partial charge in [0.1, 0.15) is 12.6 Å². The van der Waals surface area contributed by atoms with Crippen molar-refractivity contribution in [1.82, 2.24) is 14.9 Å². The number of nitrogens with two attached hydrogens (primary N) is 1. The fourth-order valence-electron chi connectivity index (χ4n) is 4.15. The number of hydrogen-bond donors (Lipinski definition) is 1. The molecule has 2 heterocycles. The Hall–Kier alpha value is -3.51. The molecule has 1 atom stereocenters. The second-order valence-corrected chi connectivity index (χ2v) is 8.67. The van der Waals surface area contributed by atoms with Crippen LogP contribution >= 0.6 is 0 Å². The average molecular weight is 503 g/mol. The van der Waals surface area contributed by atoms with Crippen molar-refractivity contribution in [3.05, 3.63) is 45.5 Å². The minimum atomic E-state index is -0.658. The van der Waals surface area contributed by atoms with Gasteiger partial charge in [0.25, 0.3) is 0 Å². The minimum absolute atomic E-state index is 0.120. The third-order valence-electron chi connectivity index (χ3n) is 5.66. The summed E-state index contributed by atoms with van der Waals surface area (Å²) in [5, 5.41) is 11.9. The molecule has 1 aromatic carbocycles. The highest BCUT2D eigenvalue weighted by Crippen LogP contribution is 2.34. The second-order valence-electron chi connectivity index (χ2n) is 8.67. The first kappa shape index (κ1) is 27.1. The van der Waals surface area contributed by atoms with Crippen molar-refractivity contribution in [2.75, 3.05) is 50.6 Å². The van der Waals surface area contributed by atoms with Crippen LogP contribution < -0.4 is 15.4 Å². The molecule has 1 fully saturated rings. The SMILES string of the molecule is CCOC(=O)CN(Cc1cccc(CN2CCCC2)c1)c1nc(O[C@H](C)COC)nc(N)c1[N+](=O)[O-]. The largest absolute Gasteiger partial charge is 0.465 e. The Kier molecular flexibility index (Phi) is 9.77. The van der Waals surface area contributed by atoms with E-state index in [1.54, 1.807) is 13.8 Å². The molecule has 3 rings (SSSR count). The van der Waals surface area contributed by atoms with E-state index in [-0.39, 0.29) is 43.9 Å². The van der Waals surface area contributed by atoms with E-state index in [0.29, 0.717) is 0 Å². The molecule has 1 aliphatic heterocycles. The Morgan fingerprint density at radius 1 is 1.28 bits per heavy atom. The Morgan fingerprint density at radius 3 is 2.67 bits per heavy atom. The van der Waals surface area contributed by atoms with Gasteiger partial charge in [0.15, 0.2) is 0 Å². The maximum atomic E-state index is 12.5. The van der Waals surface area contributed by atoms with Gasteiger partial charge in [-0.2, -0.15) is 9.97 Å². The summed E-state index contributed by atoms with van der Waals surface area (Å²) in [5.74, 6) is -1.03. The molecule has 0 radical (unpaired) electrons. The number of likely N-dealkylation sites (tertiary alicyclic amines) is 1. The van der Waals surface area contributed by atoms with Gasteiger partial charge in [-0.3, -0.25) is 19.8 Å². The smallest absolute Gasteiger partial charge is 0.353 e. The number of nitrogens with zero attached hydrogens (tertiary/aromatic N) is 5. The summed E-state index contributed by atoms with van der Waals surface area (Å²) in [6, 6.07) is 7.78. The van der Waals surface area contributed by atoms with Gasteiger partial charge in [0.05, 0.1) is 18.1 Å². The van der Waals surface area contributed by atoms with Crippen molar-refractivity contribution in [2.45, 2.75) is 45.9 Å². The van der Waals surface area contributed by atoms with E-state index < -0.39 is 22.7 Å². The van der Waals surface area contributed by atoms with Crippen LogP contribution in [-0.4, -0.2) is 71.8 Å². The van der Waals surface area contributed by atoms with Gasteiger partial charge >= 0.3 is 17.7 Å². The van der Waals surface area contributed by atoms with Crippen molar-refractivity contribution in [3.8, 4) is 6.01 Å². The fraction of sp³-hybridized carbons (Fsp3) is 0.542. The Bertz CT molecular complexity index is 1050. The van der Waals surface area contributed by atoms with Gasteiger partial charge < -0.3 is 24.8 Å². The second kappa shape index (κ2) is 13.0. The van der Waals surface area contributed by atoms with Crippen molar-refractivity contribution in [3.63, 3.8) is 0 Å². The Morgan fingerprint density at radius 2 is 2.00 bits per heavy atom. The van der Waals surface area contributed by atoms with Crippen LogP contribution in [0.5, 0.6) is 6.01 Å². The van der Waals surface area contributed by atoms with Crippen LogP contribution in [0.15, 0.2) is 24.3 Å². The van der Waals surface area contributed by atoms with Crippen LogP contribution in [0.3, 0.4) is 0 Å². The normalized spacial score (nSPS) is 14.4. The lowest BCUT2D eigenvalue weighted by Gasteiger charge is -2.24. The van der Waals surface area contributed by atoms with Crippen LogP contribution in [0.4, 0.5) is 17.3 Å². The topological polar surface area (TPSA) is 146 Å². The number of benzene rings is 1. The van der Waals surface area contributed by atoms with Crippen molar-refractivity contribution >= 4 is 23.3 Å². The molecule has 2 N–H and O–H groups in total. The summed E-state index contributed by atoms with van der Waals surface area (Å²) < 4.78 is 15.8. The van der Waals surface area contributed by atoms with E-state index in [1.165, 1.54) is 24.9 Å². The lowest BCUT2D eigenvalue weighted by molar-refractivity contribution is -0.383. The number of methoxy groups -OCH3 is 1. The first-order chi connectivity index (χ1) is 17.3. The number of carbonyl (C=O) groups is 1.